The highest BCUT2D eigenvalue weighted by Gasteiger charge is 2.21. The third-order valence-corrected chi connectivity index (χ3v) is 5.83. The lowest BCUT2D eigenvalue weighted by Gasteiger charge is -2.17. The maximum Gasteiger partial charge on any atom is 0.255 e. The van der Waals surface area contributed by atoms with Gasteiger partial charge >= 0.3 is 0 Å². The van der Waals surface area contributed by atoms with Crippen molar-refractivity contribution in [2.45, 2.75) is 52.6 Å². The molecule has 1 atom stereocenters. The van der Waals surface area contributed by atoms with Gasteiger partial charge in [-0.3, -0.25) is 14.5 Å². The molecule has 0 saturated heterocycles. The number of imidazole rings is 1. The Morgan fingerprint density at radius 2 is 2.00 bits per heavy atom. The van der Waals surface area contributed by atoms with Crippen LogP contribution in [0.25, 0.3) is 17.5 Å². The largest absolute Gasteiger partial charge is 0.389 e. The molecule has 36 heavy (non-hydrogen) atoms. The van der Waals surface area contributed by atoms with Crippen LogP contribution in [0.1, 0.15) is 68.8 Å². The number of allylic oxidation sites excluding steroid dienone is 1. The Balaban J connectivity index is 1.84. The molecule has 0 radical (unpaired) electrons. The van der Waals surface area contributed by atoms with Gasteiger partial charge in [-0.1, -0.05) is 50.8 Å². The topological polar surface area (TPSA) is 97.3 Å². The highest BCUT2D eigenvalue weighted by Crippen LogP contribution is 2.25. The van der Waals surface area contributed by atoms with E-state index in [1.807, 2.05) is 60.3 Å². The Bertz CT molecular complexity index is 1280. The predicted molar refractivity (Wildman–Crippen MR) is 145 cm³/mol. The van der Waals surface area contributed by atoms with Crippen molar-refractivity contribution in [3.8, 4) is 11.3 Å². The first-order valence-corrected chi connectivity index (χ1v) is 12.1. The highest BCUT2D eigenvalue weighted by molar-refractivity contribution is 6.08. The van der Waals surface area contributed by atoms with Gasteiger partial charge in [0.2, 0.25) is 0 Å². The number of benzene rings is 1. The molecular formula is C28H36N6O2. The Morgan fingerprint density at radius 3 is 2.64 bits per heavy atom. The molecule has 0 bridgehead atoms. The minimum Gasteiger partial charge on any atom is -0.389 e. The van der Waals surface area contributed by atoms with Gasteiger partial charge in [0.1, 0.15) is 5.82 Å². The molecule has 0 saturated carbocycles. The van der Waals surface area contributed by atoms with Gasteiger partial charge in [-0.05, 0) is 33.3 Å². The fourth-order valence-corrected chi connectivity index (χ4v) is 3.72. The molecule has 2 aromatic heterocycles. The van der Waals surface area contributed by atoms with E-state index in [-0.39, 0.29) is 18.4 Å². The quantitative estimate of drug-likeness (QED) is 0.317. The molecule has 1 aromatic carbocycles. The lowest BCUT2D eigenvalue weighted by molar-refractivity contribution is 0.0694. The van der Waals surface area contributed by atoms with Gasteiger partial charge in [0.25, 0.3) is 5.91 Å². The third kappa shape index (κ3) is 6.66. The fraction of sp³-hybridized carbons (Fsp3) is 0.357. The summed E-state index contributed by atoms with van der Waals surface area (Å²) in [6.07, 6.45) is 8.23. The summed E-state index contributed by atoms with van der Waals surface area (Å²) in [6, 6.07) is 10.1. The number of hydrogen-bond donors (Lipinski definition) is 2. The minimum atomic E-state index is -1.01. The van der Waals surface area contributed by atoms with Crippen LogP contribution in [-0.4, -0.2) is 48.2 Å². The summed E-state index contributed by atoms with van der Waals surface area (Å²) in [5, 5.41) is 16.9. The van der Waals surface area contributed by atoms with Crippen molar-refractivity contribution in [1.29, 1.82) is 0 Å². The molecule has 0 aliphatic carbocycles. The van der Waals surface area contributed by atoms with Crippen molar-refractivity contribution in [1.82, 2.24) is 24.6 Å². The van der Waals surface area contributed by atoms with E-state index in [1.165, 1.54) is 6.20 Å². The summed E-state index contributed by atoms with van der Waals surface area (Å²) in [5.41, 5.74) is 3.08. The molecule has 1 amide bonds. The zero-order valence-electron chi connectivity index (χ0n) is 22.0. The Labute approximate surface area is 213 Å². The summed E-state index contributed by atoms with van der Waals surface area (Å²) in [5.74, 6) is 0.935. The Kier molecular flexibility index (Phi) is 8.42. The second-order valence-electron chi connectivity index (χ2n) is 9.60. The van der Waals surface area contributed by atoms with E-state index in [1.54, 1.807) is 25.6 Å². The van der Waals surface area contributed by atoms with E-state index < -0.39 is 5.60 Å². The van der Waals surface area contributed by atoms with Gasteiger partial charge in [0.15, 0.2) is 0 Å². The highest BCUT2D eigenvalue weighted by atomic mass is 16.3. The van der Waals surface area contributed by atoms with Crippen LogP contribution in [0.2, 0.25) is 0 Å². The first-order valence-electron chi connectivity index (χ1n) is 12.1. The number of aliphatic imine (C=N–C) groups is 1. The second kappa shape index (κ2) is 11.3. The molecule has 0 spiro atoms. The molecule has 3 rings (SSSR count). The summed E-state index contributed by atoms with van der Waals surface area (Å²) in [6.45, 7) is 13.6. The number of aromatic nitrogens is 4. The van der Waals surface area contributed by atoms with Crippen LogP contribution >= 0.6 is 0 Å². The van der Waals surface area contributed by atoms with Crippen molar-refractivity contribution in [2.75, 3.05) is 6.54 Å². The SMILES string of the molecule is C=C(/C=C\n1cc(-c2ccccc2)nc1C(C)CC)N=C(C)c1c(C(=O)NCC(C)(C)O)cnn1C. The third-order valence-electron chi connectivity index (χ3n) is 5.83. The maximum atomic E-state index is 12.7. The molecule has 8 heteroatoms. The van der Waals surface area contributed by atoms with Crippen LogP contribution < -0.4 is 5.32 Å². The number of rotatable bonds is 10. The number of aliphatic hydroxyl groups is 1. The predicted octanol–water partition coefficient (Wildman–Crippen LogP) is 4.79. The normalized spacial score (nSPS) is 13.2. The summed E-state index contributed by atoms with van der Waals surface area (Å²) < 4.78 is 3.63. The molecule has 8 nitrogen and oxygen atoms in total. The Morgan fingerprint density at radius 1 is 1.31 bits per heavy atom. The molecule has 0 aliphatic rings. The number of nitrogens with one attached hydrogen (secondary N) is 1. The van der Waals surface area contributed by atoms with Crippen molar-refractivity contribution < 1.29 is 9.90 Å². The van der Waals surface area contributed by atoms with Gasteiger partial charge < -0.3 is 15.0 Å². The van der Waals surface area contributed by atoms with Crippen molar-refractivity contribution in [3.63, 3.8) is 0 Å². The van der Waals surface area contributed by atoms with Crippen molar-refractivity contribution in [2.24, 2.45) is 12.0 Å². The molecule has 190 valence electrons. The first kappa shape index (κ1) is 26.8. The number of amides is 1. The summed E-state index contributed by atoms with van der Waals surface area (Å²) >= 11 is 0. The zero-order chi connectivity index (χ0) is 26.5. The van der Waals surface area contributed by atoms with E-state index in [2.05, 4.69) is 35.8 Å². The molecule has 0 aliphatic heterocycles. The smallest absolute Gasteiger partial charge is 0.255 e. The van der Waals surface area contributed by atoms with E-state index in [9.17, 15) is 9.90 Å². The zero-order valence-corrected chi connectivity index (χ0v) is 22.0. The van der Waals surface area contributed by atoms with Crippen LogP contribution in [0.15, 0.2) is 66.1 Å². The molecule has 0 fully saturated rings. The van der Waals surface area contributed by atoms with Crippen LogP contribution in [-0.2, 0) is 7.05 Å². The van der Waals surface area contributed by atoms with Gasteiger partial charge in [-0.2, -0.15) is 5.10 Å². The number of aryl methyl sites for hydroxylation is 1. The van der Waals surface area contributed by atoms with E-state index in [0.29, 0.717) is 22.7 Å². The van der Waals surface area contributed by atoms with E-state index in [4.69, 9.17) is 4.98 Å². The second-order valence-corrected chi connectivity index (χ2v) is 9.60. The minimum absolute atomic E-state index is 0.125. The van der Waals surface area contributed by atoms with Gasteiger partial charge in [0.05, 0.1) is 40.2 Å². The molecular weight excluding hydrogens is 452 g/mol. The Hall–Kier alpha value is -3.78. The monoisotopic (exact) mass is 488 g/mol. The number of carbonyl (C=O) groups is 1. The molecule has 2 heterocycles. The fourth-order valence-electron chi connectivity index (χ4n) is 3.72. The summed E-state index contributed by atoms with van der Waals surface area (Å²) in [4.78, 5) is 22.2. The van der Waals surface area contributed by atoms with Crippen LogP contribution in [0.3, 0.4) is 0 Å². The number of hydrogen-bond acceptors (Lipinski definition) is 5. The first-order chi connectivity index (χ1) is 17.0. The van der Waals surface area contributed by atoms with Gasteiger partial charge in [-0.25, -0.2) is 4.98 Å². The summed E-state index contributed by atoms with van der Waals surface area (Å²) in [7, 11) is 1.76. The standard InChI is InChI=1S/C28H36N6O2/c1-8-19(2)26-32-24(22-12-10-9-11-13-22)17-34(26)15-14-20(3)31-21(4)25-23(16-30-33(25)7)27(35)29-18-28(5,6)36/h9-17,19,36H,3,8,18H2,1-2,4-7H3,(H,29,35)/b15-14-,31-21?. The van der Waals surface area contributed by atoms with Crippen LogP contribution in [0.5, 0.6) is 0 Å². The van der Waals surface area contributed by atoms with Crippen molar-refractivity contribution in [3.05, 3.63) is 78.2 Å². The number of carbonyl (C=O) groups excluding carboxylic acids is 1. The van der Waals surface area contributed by atoms with E-state index >= 15 is 0 Å². The molecule has 3 aromatic rings. The number of nitrogens with zero attached hydrogens (tertiary/aromatic N) is 5. The van der Waals surface area contributed by atoms with Crippen LogP contribution in [0, 0.1) is 0 Å². The van der Waals surface area contributed by atoms with Gasteiger partial charge in [0, 0.05) is 37.5 Å². The lowest BCUT2D eigenvalue weighted by Crippen LogP contribution is -2.38. The molecule has 1 unspecified atom stereocenters. The van der Waals surface area contributed by atoms with Crippen LogP contribution in [0.4, 0.5) is 0 Å². The molecule has 2 N–H and O–H groups in total. The van der Waals surface area contributed by atoms with Gasteiger partial charge in [-0.15, -0.1) is 0 Å². The van der Waals surface area contributed by atoms with Crippen molar-refractivity contribution >= 4 is 17.8 Å². The maximum absolute atomic E-state index is 12.7. The average Bonchev–Trinajstić information content (AvgIpc) is 3.44. The average molecular weight is 489 g/mol. The van der Waals surface area contributed by atoms with E-state index in [0.717, 1.165) is 23.5 Å². The lowest BCUT2D eigenvalue weighted by atomic mass is 10.1.